The molecule has 1 heterocycles. The van der Waals surface area contributed by atoms with E-state index in [1.807, 2.05) is 30.3 Å². The van der Waals surface area contributed by atoms with Gasteiger partial charge in [0.2, 0.25) is 0 Å². The van der Waals surface area contributed by atoms with E-state index >= 15 is 0 Å². The van der Waals surface area contributed by atoms with Crippen LogP contribution in [-0.2, 0) is 6.54 Å². The van der Waals surface area contributed by atoms with E-state index in [1.165, 1.54) is 4.80 Å². The summed E-state index contributed by atoms with van der Waals surface area (Å²) >= 11 is 0. The molecule has 1 atom stereocenters. The molecule has 0 fully saturated rings. The second kappa shape index (κ2) is 5.51. The van der Waals surface area contributed by atoms with E-state index in [9.17, 15) is 0 Å². The van der Waals surface area contributed by atoms with Gasteiger partial charge in [-0.25, -0.2) is 0 Å². The number of rotatable bonds is 5. The Balaban J connectivity index is 2.04. The van der Waals surface area contributed by atoms with Crippen LogP contribution in [0.2, 0.25) is 0 Å². The van der Waals surface area contributed by atoms with Gasteiger partial charge in [-0.05, 0) is 17.2 Å². The van der Waals surface area contributed by atoms with Gasteiger partial charge >= 0.3 is 0 Å². The van der Waals surface area contributed by atoms with E-state index in [-0.39, 0.29) is 12.6 Å². The lowest BCUT2D eigenvalue weighted by atomic mass is 10.2. The van der Waals surface area contributed by atoms with Crippen LogP contribution >= 0.6 is 0 Å². The van der Waals surface area contributed by atoms with Crippen molar-refractivity contribution >= 4 is 0 Å². The van der Waals surface area contributed by atoms with Crippen molar-refractivity contribution in [3.8, 4) is 0 Å². The van der Waals surface area contributed by atoms with Crippen molar-refractivity contribution in [1.29, 1.82) is 0 Å². The molecule has 0 radical (unpaired) electrons. The Kier molecular flexibility index (Phi) is 3.79. The average Bonchev–Trinajstić information content (AvgIpc) is 2.79. The van der Waals surface area contributed by atoms with Crippen molar-refractivity contribution < 1.29 is 5.11 Å². The highest BCUT2D eigenvalue weighted by Crippen LogP contribution is 2.07. The highest BCUT2D eigenvalue weighted by atomic mass is 16.3. The van der Waals surface area contributed by atoms with Gasteiger partial charge < -0.3 is 10.8 Å². The first kappa shape index (κ1) is 11.7. The van der Waals surface area contributed by atoms with Crippen LogP contribution in [0.1, 0.15) is 23.9 Å². The van der Waals surface area contributed by atoms with E-state index in [0.29, 0.717) is 18.8 Å². The molecular formula is C11H15N5O. The molecule has 3 N–H and O–H groups in total. The molecule has 0 saturated heterocycles. The van der Waals surface area contributed by atoms with Gasteiger partial charge in [0.15, 0.2) is 5.82 Å². The van der Waals surface area contributed by atoms with E-state index in [1.54, 1.807) is 0 Å². The minimum Gasteiger partial charge on any atom is -0.396 e. The second-order valence-corrected chi connectivity index (χ2v) is 3.78. The minimum absolute atomic E-state index is 0.0222. The number of nitrogens with two attached hydrogens (primary N) is 1. The Labute approximate surface area is 99.1 Å². The number of aliphatic hydroxyl groups excluding tert-OH is 1. The van der Waals surface area contributed by atoms with E-state index in [0.717, 1.165) is 5.56 Å². The second-order valence-electron chi connectivity index (χ2n) is 3.78. The van der Waals surface area contributed by atoms with Crippen molar-refractivity contribution in [2.75, 3.05) is 6.61 Å². The molecular weight excluding hydrogens is 218 g/mol. The molecule has 17 heavy (non-hydrogen) atoms. The third-order valence-corrected chi connectivity index (χ3v) is 2.41. The Morgan fingerprint density at radius 1 is 1.29 bits per heavy atom. The van der Waals surface area contributed by atoms with Gasteiger partial charge in [0.05, 0.1) is 12.6 Å². The molecule has 1 unspecified atom stereocenters. The average molecular weight is 233 g/mol. The fourth-order valence-electron chi connectivity index (χ4n) is 1.49. The summed E-state index contributed by atoms with van der Waals surface area (Å²) in [5.41, 5.74) is 6.88. The van der Waals surface area contributed by atoms with E-state index < -0.39 is 0 Å². The van der Waals surface area contributed by atoms with Crippen LogP contribution in [0.5, 0.6) is 0 Å². The maximum absolute atomic E-state index is 8.78. The highest BCUT2D eigenvalue weighted by molar-refractivity contribution is 5.14. The molecule has 1 aromatic carbocycles. The van der Waals surface area contributed by atoms with Crippen LogP contribution in [-0.4, -0.2) is 31.9 Å². The molecule has 6 heteroatoms. The summed E-state index contributed by atoms with van der Waals surface area (Å²) in [5, 5.41) is 20.8. The smallest absolute Gasteiger partial charge is 0.191 e. The quantitative estimate of drug-likeness (QED) is 0.764. The maximum atomic E-state index is 8.78. The van der Waals surface area contributed by atoms with Crippen LogP contribution in [0.25, 0.3) is 0 Å². The van der Waals surface area contributed by atoms with E-state index in [4.69, 9.17) is 10.8 Å². The third kappa shape index (κ3) is 3.08. The number of hydrogen-bond acceptors (Lipinski definition) is 5. The normalized spacial score (nSPS) is 12.6. The predicted molar refractivity (Wildman–Crippen MR) is 62.0 cm³/mol. The first-order chi connectivity index (χ1) is 8.29. The van der Waals surface area contributed by atoms with Crippen molar-refractivity contribution in [1.82, 2.24) is 20.2 Å². The summed E-state index contributed by atoms with van der Waals surface area (Å²) in [6, 6.07) is 9.52. The molecule has 6 nitrogen and oxygen atoms in total. The summed E-state index contributed by atoms with van der Waals surface area (Å²) in [4.78, 5) is 1.50. The number of hydrogen-bond donors (Lipinski definition) is 2. The van der Waals surface area contributed by atoms with Gasteiger partial charge in [-0.3, -0.25) is 0 Å². The lowest BCUT2D eigenvalue weighted by molar-refractivity contribution is 0.274. The first-order valence-corrected chi connectivity index (χ1v) is 5.47. The summed E-state index contributed by atoms with van der Waals surface area (Å²) < 4.78 is 0. The van der Waals surface area contributed by atoms with Crippen molar-refractivity contribution in [2.24, 2.45) is 5.73 Å². The molecule has 0 saturated carbocycles. The first-order valence-electron chi connectivity index (χ1n) is 5.47. The Hall–Kier alpha value is -1.79. The summed E-state index contributed by atoms with van der Waals surface area (Å²) in [5.74, 6) is 0.468. The largest absolute Gasteiger partial charge is 0.396 e. The number of aliphatic hydroxyl groups is 1. The van der Waals surface area contributed by atoms with Gasteiger partial charge in [-0.2, -0.15) is 4.80 Å². The van der Waals surface area contributed by atoms with Crippen LogP contribution in [0.3, 0.4) is 0 Å². The number of benzene rings is 1. The summed E-state index contributed by atoms with van der Waals surface area (Å²) in [7, 11) is 0. The Morgan fingerprint density at radius 2 is 2.06 bits per heavy atom. The standard InChI is InChI=1S/C11H15N5O/c12-10(6-7-17)11-13-15-16(14-11)8-9-4-2-1-3-5-9/h1-5,10,17H,6-8,12H2. The summed E-state index contributed by atoms with van der Waals surface area (Å²) in [6.45, 7) is 0.591. The van der Waals surface area contributed by atoms with Crippen LogP contribution in [0.4, 0.5) is 0 Å². The Morgan fingerprint density at radius 3 is 2.76 bits per heavy atom. The molecule has 1 aromatic heterocycles. The molecule has 0 aliphatic carbocycles. The monoisotopic (exact) mass is 233 g/mol. The van der Waals surface area contributed by atoms with E-state index in [2.05, 4.69) is 15.4 Å². The topological polar surface area (TPSA) is 89.9 Å². The number of nitrogens with zero attached hydrogens (tertiary/aromatic N) is 4. The fourth-order valence-corrected chi connectivity index (χ4v) is 1.49. The van der Waals surface area contributed by atoms with Gasteiger partial charge in [-0.1, -0.05) is 30.3 Å². The van der Waals surface area contributed by atoms with Crippen LogP contribution in [0.15, 0.2) is 30.3 Å². The zero-order valence-corrected chi connectivity index (χ0v) is 9.40. The molecule has 0 aliphatic heterocycles. The lowest BCUT2D eigenvalue weighted by Crippen LogP contribution is -2.14. The van der Waals surface area contributed by atoms with Crippen LogP contribution < -0.4 is 5.73 Å². The molecule has 0 amide bonds. The highest BCUT2D eigenvalue weighted by Gasteiger charge is 2.11. The molecule has 0 spiro atoms. The van der Waals surface area contributed by atoms with Crippen molar-refractivity contribution in [2.45, 2.75) is 19.0 Å². The third-order valence-electron chi connectivity index (χ3n) is 2.41. The zero-order valence-electron chi connectivity index (χ0n) is 9.40. The molecule has 0 aliphatic rings. The lowest BCUT2D eigenvalue weighted by Gasteiger charge is -2.02. The SMILES string of the molecule is NC(CCO)c1nnn(Cc2ccccc2)n1. The zero-order chi connectivity index (χ0) is 12.1. The van der Waals surface area contributed by atoms with Gasteiger partial charge in [0.25, 0.3) is 0 Å². The molecule has 2 aromatic rings. The van der Waals surface area contributed by atoms with Gasteiger partial charge in [0, 0.05) is 6.61 Å². The van der Waals surface area contributed by atoms with Crippen LogP contribution in [0, 0.1) is 0 Å². The maximum Gasteiger partial charge on any atom is 0.191 e. The molecule has 90 valence electrons. The molecule has 0 bridgehead atoms. The summed E-state index contributed by atoms with van der Waals surface area (Å²) in [6.07, 6.45) is 0.441. The Bertz CT molecular complexity index is 456. The fraction of sp³-hybridized carbons (Fsp3) is 0.364. The predicted octanol–water partition coefficient (Wildman–Crippen LogP) is 0.104. The number of tetrazole rings is 1. The number of aromatic nitrogens is 4. The minimum atomic E-state index is -0.357. The molecule has 2 rings (SSSR count). The van der Waals surface area contributed by atoms with Gasteiger partial charge in [0.1, 0.15) is 0 Å². The van der Waals surface area contributed by atoms with Gasteiger partial charge in [-0.15, -0.1) is 10.2 Å². The van der Waals surface area contributed by atoms with Crippen molar-refractivity contribution in [3.63, 3.8) is 0 Å². The van der Waals surface area contributed by atoms with Crippen molar-refractivity contribution in [3.05, 3.63) is 41.7 Å².